The molecule has 19 heavy (non-hydrogen) atoms. The molecule has 0 saturated carbocycles. The molecule has 2 rings (SSSR count). The lowest BCUT2D eigenvalue weighted by Gasteiger charge is -2.08. The number of aromatic nitrogens is 2. The Morgan fingerprint density at radius 2 is 1.84 bits per heavy atom. The summed E-state index contributed by atoms with van der Waals surface area (Å²) in [5.74, 6) is 1.13. The molecule has 1 aromatic heterocycles. The third-order valence-electron chi connectivity index (χ3n) is 2.61. The Labute approximate surface area is 112 Å². The van der Waals surface area contributed by atoms with Gasteiger partial charge in [0.2, 0.25) is 0 Å². The fourth-order valence-electron chi connectivity index (χ4n) is 1.62. The molecule has 0 amide bonds. The molecular formula is C14H17FN4. The minimum absolute atomic E-state index is 0.219. The second-order valence-corrected chi connectivity index (χ2v) is 4.16. The maximum absolute atomic E-state index is 13.4. The fourth-order valence-corrected chi connectivity index (χ4v) is 1.62. The number of halogens is 1. The number of hydrogen-bond donors (Lipinski definition) is 2. The van der Waals surface area contributed by atoms with E-state index in [1.807, 2.05) is 6.07 Å². The molecule has 0 aliphatic heterocycles. The van der Waals surface area contributed by atoms with Gasteiger partial charge in [0.25, 0.3) is 0 Å². The van der Waals surface area contributed by atoms with Crippen LogP contribution in [0, 0.1) is 5.82 Å². The van der Waals surface area contributed by atoms with Crippen molar-refractivity contribution in [3.8, 4) is 0 Å². The van der Waals surface area contributed by atoms with E-state index in [2.05, 4.69) is 27.5 Å². The predicted molar refractivity (Wildman–Crippen MR) is 74.5 cm³/mol. The summed E-state index contributed by atoms with van der Waals surface area (Å²) in [5, 5.41) is 6.22. The van der Waals surface area contributed by atoms with Crippen molar-refractivity contribution in [3.63, 3.8) is 0 Å². The van der Waals surface area contributed by atoms with E-state index in [4.69, 9.17) is 0 Å². The third kappa shape index (κ3) is 3.91. The maximum atomic E-state index is 13.4. The molecule has 100 valence electrons. The van der Waals surface area contributed by atoms with Gasteiger partial charge in [-0.2, -0.15) is 0 Å². The van der Waals surface area contributed by atoms with Gasteiger partial charge >= 0.3 is 0 Å². The Bertz CT molecular complexity index is 530. The van der Waals surface area contributed by atoms with Crippen molar-refractivity contribution in [1.82, 2.24) is 9.97 Å². The lowest BCUT2D eigenvalue weighted by Crippen LogP contribution is -2.07. The highest BCUT2D eigenvalue weighted by Crippen LogP contribution is 2.11. The van der Waals surface area contributed by atoms with Crippen molar-refractivity contribution >= 4 is 11.6 Å². The first-order valence-electron chi connectivity index (χ1n) is 6.33. The SMILES string of the molecule is CCCNc1cncc(NCc2ccccc2F)n1. The zero-order valence-electron chi connectivity index (χ0n) is 10.9. The van der Waals surface area contributed by atoms with Crippen LogP contribution in [0.3, 0.4) is 0 Å². The van der Waals surface area contributed by atoms with Gasteiger partial charge in [-0.1, -0.05) is 25.1 Å². The van der Waals surface area contributed by atoms with Crippen molar-refractivity contribution in [2.45, 2.75) is 19.9 Å². The average Bonchev–Trinajstić information content (AvgIpc) is 2.45. The Balaban J connectivity index is 1.98. The van der Waals surface area contributed by atoms with Gasteiger partial charge in [0.1, 0.15) is 17.5 Å². The first-order valence-corrected chi connectivity index (χ1v) is 6.33. The molecule has 5 heteroatoms. The summed E-state index contributed by atoms with van der Waals surface area (Å²) < 4.78 is 13.4. The van der Waals surface area contributed by atoms with Crippen LogP contribution < -0.4 is 10.6 Å². The molecule has 0 unspecified atom stereocenters. The summed E-state index contributed by atoms with van der Waals surface area (Å²) in [7, 11) is 0. The van der Waals surface area contributed by atoms with Crippen molar-refractivity contribution in [2.24, 2.45) is 0 Å². The minimum Gasteiger partial charge on any atom is -0.369 e. The molecule has 0 atom stereocenters. The lowest BCUT2D eigenvalue weighted by molar-refractivity contribution is 0.613. The van der Waals surface area contributed by atoms with Crippen LogP contribution in [0.1, 0.15) is 18.9 Å². The predicted octanol–water partition coefficient (Wildman–Crippen LogP) is 3.05. The molecule has 0 aliphatic carbocycles. The van der Waals surface area contributed by atoms with Crippen LogP contribution in [0.2, 0.25) is 0 Å². The van der Waals surface area contributed by atoms with E-state index in [1.165, 1.54) is 6.07 Å². The van der Waals surface area contributed by atoms with Gasteiger partial charge in [-0.05, 0) is 12.5 Å². The summed E-state index contributed by atoms with van der Waals surface area (Å²) in [6.07, 6.45) is 4.32. The number of nitrogens with one attached hydrogen (secondary N) is 2. The number of hydrogen-bond acceptors (Lipinski definition) is 4. The Morgan fingerprint density at radius 1 is 1.11 bits per heavy atom. The maximum Gasteiger partial charge on any atom is 0.147 e. The van der Waals surface area contributed by atoms with Crippen molar-refractivity contribution in [1.29, 1.82) is 0 Å². The van der Waals surface area contributed by atoms with Crippen molar-refractivity contribution in [2.75, 3.05) is 17.2 Å². The molecule has 4 nitrogen and oxygen atoms in total. The van der Waals surface area contributed by atoms with Crippen LogP contribution >= 0.6 is 0 Å². The van der Waals surface area contributed by atoms with Crippen molar-refractivity contribution in [3.05, 3.63) is 48.0 Å². The second kappa shape index (κ2) is 6.68. The van der Waals surface area contributed by atoms with E-state index in [0.29, 0.717) is 17.9 Å². The first kappa shape index (κ1) is 13.3. The topological polar surface area (TPSA) is 49.8 Å². The number of anilines is 2. The standard InChI is InChI=1S/C14H17FN4/c1-2-7-17-13-9-16-10-14(19-13)18-8-11-5-3-4-6-12(11)15/h3-6,9-10H,2,7-8H2,1H3,(H2,17,18,19). The van der Waals surface area contributed by atoms with Gasteiger partial charge in [0, 0.05) is 18.7 Å². The Hall–Kier alpha value is -2.17. The second-order valence-electron chi connectivity index (χ2n) is 4.16. The van der Waals surface area contributed by atoms with Crippen LogP contribution in [0.5, 0.6) is 0 Å². The molecule has 0 bridgehead atoms. The smallest absolute Gasteiger partial charge is 0.147 e. The molecular weight excluding hydrogens is 243 g/mol. The molecule has 0 fully saturated rings. The minimum atomic E-state index is -0.219. The fraction of sp³-hybridized carbons (Fsp3) is 0.286. The lowest BCUT2D eigenvalue weighted by atomic mass is 10.2. The zero-order chi connectivity index (χ0) is 13.5. The van der Waals surface area contributed by atoms with Gasteiger partial charge in [-0.3, -0.25) is 4.98 Å². The van der Waals surface area contributed by atoms with Gasteiger partial charge in [-0.15, -0.1) is 0 Å². The Morgan fingerprint density at radius 3 is 2.58 bits per heavy atom. The third-order valence-corrected chi connectivity index (χ3v) is 2.61. The summed E-state index contributed by atoms with van der Waals surface area (Å²) in [4.78, 5) is 8.44. The van der Waals surface area contributed by atoms with E-state index in [1.54, 1.807) is 24.5 Å². The van der Waals surface area contributed by atoms with E-state index < -0.39 is 0 Å². The van der Waals surface area contributed by atoms with Gasteiger partial charge < -0.3 is 10.6 Å². The van der Waals surface area contributed by atoms with Crippen molar-refractivity contribution < 1.29 is 4.39 Å². The average molecular weight is 260 g/mol. The highest BCUT2D eigenvalue weighted by molar-refractivity contribution is 5.42. The first-order chi connectivity index (χ1) is 9.29. The Kier molecular flexibility index (Phi) is 4.66. The quantitative estimate of drug-likeness (QED) is 0.838. The molecule has 1 aromatic carbocycles. The zero-order valence-corrected chi connectivity index (χ0v) is 10.9. The van der Waals surface area contributed by atoms with E-state index >= 15 is 0 Å². The molecule has 0 radical (unpaired) electrons. The van der Waals surface area contributed by atoms with Crippen LogP contribution in [0.25, 0.3) is 0 Å². The van der Waals surface area contributed by atoms with E-state index in [0.717, 1.165) is 18.8 Å². The van der Waals surface area contributed by atoms with Gasteiger partial charge in [0.15, 0.2) is 0 Å². The number of nitrogens with zero attached hydrogens (tertiary/aromatic N) is 2. The molecule has 2 aromatic rings. The summed E-state index contributed by atoms with van der Waals surface area (Å²) in [5.41, 5.74) is 0.608. The van der Waals surface area contributed by atoms with Crippen LogP contribution in [0.4, 0.5) is 16.0 Å². The van der Waals surface area contributed by atoms with Crippen LogP contribution in [0.15, 0.2) is 36.7 Å². The normalized spacial score (nSPS) is 10.2. The number of benzene rings is 1. The largest absolute Gasteiger partial charge is 0.369 e. The van der Waals surface area contributed by atoms with Crippen LogP contribution in [-0.4, -0.2) is 16.5 Å². The van der Waals surface area contributed by atoms with Gasteiger partial charge in [-0.25, -0.2) is 9.37 Å². The monoisotopic (exact) mass is 260 g/mol. The number of rotatable bonds is 6. The summed E-state index contributed by atoms with van der Waals surface area (Å²) >= 11 is 0. The van der Waals surface area contributed by atoms with E-state index in [-0.39, 0.29) is 5.82 Å². The molecule has 2 N–H and O–H groups in total. The highest BCUT2D eigenvalue weighted by Gasteiger charge is 2.02. The van der Waals surface area contributed by atoms with E-state index in [9.17, 15) is 4.39 Å². The molecule has 0 aliphatic rings. The van der Waals surface area contributed by atoms with Gasteiger partial charge in [0.05, 0.1) is 12.4 Å². The molecule has 1 heterocycles. The summed E-state index contributed by atoms with van der Waals surface area (Å²) in [6.45, 7) is 3.32. The van der Waals surface area contributed by atoms with Crippen LogP contribution in [-0.2, 0) is 6.54 Å². The summed E-state index contributed by atoms with van der Waals surface area (Å²) in [6, 6.07) is 6.68. The molecule has 0 saturated heterocycles. The molecule has 0 spiro atoms. The highest BCUT2D eigenvalue weighted by atomic mass is 19.1.